The molecule has 0 aliphatic heterocycles. The first-order valence-electron chi connectivity index (χ1n) is 6.50. The van der Waals surface area contributed by atoms with E-state index in [2.05, 4.69) is 5.32 Å². The monoisotopic (exact) mass is 287 g/mol. The van der Waals surface area contributed by atoms with Crippen LogP contribution in [0, 0.1) is 0 Å². The van der Waals surface area contributed by atoms with Crippen LogP contribution in [0.25, 0.3) is 0 Å². The minimum absolute atomic E-state index is 0.0333. The fourth-order valence-electron chi connectivity index (χ4n) is 1.59. The predicted octanol–water partition coefficient (Wildman–Crippen LogP) is 1.58. The van der Waals surface area contributed by atoms with Crippen LogP contribution in [0.15, 0.2) is 24.3 Å². The van der Waals surface area contributed by atoms with Gasteiger partial charge in [0.2, 0.25) is 0 Å². The summed E-state index contributed by atoms with van der Waals surface area (Å²) in [6, 6.07) is 7.44. The van der Waals surface area contributed by atoms with Crippen LogP contribution < -0.4 is 5.32 Å². The van der Waals surface area contributed by atoms with Crippen molar-refractivity contribution in [3.63, 3.8) is 0 Å². The van der Waals surface area contributed by atoms with E-state index in [4.69, 9.17) is 21.4 Å². The van der Waals surface area contributed by atoms with Gasteiger partial charge in [-0.2, -0.15) is 0 Å². The number of aliphatic hydroxyl groups excluding tert-OH is 2. The fourth-order valence-corrected chi connectivity index (χ4v) is 1.72. The number of hydrogen-bond donors (Lipinski definition) is 3. The van der Waals surface area contributed by atoms with Gasteiger partial charge in [0.15, 0.2) is 0 Å². The average molecular weight is 288 g/mol. The van der Waals surface area contributed by atoms with E-state index in [9.17, 15) is 5.11 Å². The molecule has 0 heterocycles. The Bertz CT molecular complexity index is 341. The average Bonchev–Trinajstić information content (AvgIpc) is 2.42. The maximum Gasteiger partial charge on any atom is 0.0897 e. The number of rotatable bonds is 9. The van der Waals surface area contributed by atoms with Crippen LogP contribution in [0.5, 0.6) is 0 Å². The molecule has 19 heavy (non-hydrogen) atoms. The molecule has 0 fully saturated rings. The largest absolute Gasteiger partial charge is 0.395 e. The van der Waals surface area contributed by atoms with Gasteiger partial charge in [-0.15, -0.1) is 0 Å². The van der Waals surface area contributed by atoms with E-state index in [1.54, 1.807) is 0 Å². The second-order valence-electron chi connectivity index (χ2n) is 4.49. The van der Waals surface area contributed by atoms with Crippen LogP contribution in [0.3, 0.4) is 0 Å². The third-order valence-corrected chi connectivity index (χ3v) is 3.10. The van der Waals surface area contributed by atoms with Crippen LogP contribution in [-0.2, 0) is 11.3 Å². The highest BCUT2D eigenvalue weighted by Crippen LogP contribution is 2.10. The molecule has 1 aromatic rings. The standard InChI is InChI=1S/C14H22ClNO3/c1-2-13(8-17)16-7-14(18)10-19-9-11-3-5-12(15)6-4-11/h3-6,13-14,16-18H,2,7-10H2,1H3/t13-,14+/m0/s1. The number of halogens is 1. The van der Waals surface area contributed by atoms with E-state index in [0.29, 0.717) is 18.2 Å². The van der Waals surface area contributed by atoms with Gasteiger partial charge >= 0.3 is 0 Å². The van der Waals surface area contributed by atoms with Crippen LogP contribution in [0.2, 0.25) is 5.02 Å². The lowest BCUT2D eigenvalue weighted by molar-refractivity contribution is 0.0265. The van der Waals surface area contributed by atoms with Crippen molar-refractivity contribution in [3.8, 4) is 0 Å². The molecule has 0 unspecified atom stereocenters. The minimum atomic E-state index is -0.576. The summed E-state index contributed by atoms with van der Waals surface area (Å²) in [5.41, 5.74) is 1.02. The first-order chi connectivity index (χ1) is 9.15. The van der Waals surface area contributed by atoms with E-state index in [1.807, 2.05) is 31.2 Å². The first-order valence-corrected chi connectivity index (χ1v) is 6.88. The molecule has 0 saturated heterocycles. The summed E-state index contributed by atoms with van der Waals surface area (Å²) in [5, 5.41) is 22.5. The highest BCUT2D eigenvalue weighted by molar-refractivity contribution is 6.30. The SMILES string of the molecule is CC[C@@H](CO)NC[C@@H](O)COCc1ccc(Cl)cc1. The summed E-state index contributed by atoms with van der Waals surface area (Å²) in [6.07, 6.45) is 0.252. The van der Waals surface area contributed by atoms with Crippen LogP contribution in [0.4, 0.5) is 0 Å². The van der Waals surface area contributed by atoms with E-state index in [1.165, 1.54) is 0 Å². The Balaban J connectivity index is 2.16. The molecule has 4 nitrogen and oxygen atoms in total. The Morgan fingerprint density at radius 3 is 2.58 bits per heavy atom. The molecule has 0 bridgehead atoms. The summed E-state index contributed by atoms with van der Waals surface area (Å²) >= 11 is 5.78. The van der Waals surface area contributed by atoms with Crippen molar-refractivity contribution in [2.75, 3.05) is 19.8 Å². The summed E-state index contributed by atoms with van der Waals surface area (Å²) < 4.78 is 5.43. The topological polar surface area (TPSA) is 61.7 Å². The van der Waals surface area contributed by atoms with Gasteiger partial charge in [-0.05, 0) is 24.1 Å². The van der Waals surface area contributed by atoms with Gasteiger partial charge in [0.25, 0.3) is 0 Å². The highest BCUT2D eigenvalue weighted by Gasteiger charge is 2.08. The van der Waals surface area contributed by atoms with Gasteiger partial charge in [-0.1, -0.05) is 30.7 Å². The maximum atomic E-state index is 9.72. The zero-order valence-corrected chi connectivity index (χ0v) is 11.9. The zero-order valence-electron chi connectivity index (χ0n) is 11.2. The molecule has 0 amide bonds. The fraction of sp³-hybridized carbons (Fsp3) is 0.571. The normalized spacial score (nSPS) is 14.3. The molecule has 3 N–H and O–H groups in total. The zero-order chi connectivity index (χ0) is 14.1. The molecule has 0 aromatic heterocycles. The van der Waals surface area contributed by atoms with E-state index in [0.717, 1.165) is 12.0 Å². The van der Waals surface area contributed by atoms with E-state index < -0.39 is 6.10 Å². The quantitative estimate of drug-likeness (QED) is 0.645. The molecular formula is C14H22ClNO3. The lowest BCUT2D eigenvalue weighted by atomic mass is 10.2. The minimum Gasteiger partial charge on any atom is -0.395 e. The summed E-state index contributed by atoms with van der Waals surface area (Å²) in [4.78, 5) is 0. The van der Waals surface area contributed by atoms with Crippen LogP contribution in [-0.4, -0.2) is 42.1 Å². The Labute approximate surface area is 119 Å². The van der Waals surface area contributed by atoms with Crippen LogP contribution >= 0.6 is 11.6 Å². The lowest BCUT2D eigenvalue weighted by Crippen LogP contribution is -2.39. The Morgan fingerprint density at radius 2 is 2.00 bits per heavy atom. The van der Waals surface area contributed by atoms with Crippen molar-refractivity contribution in [2.45, 2.75) is 32.1 Å². The first kappa shape index (κ1) is 16.4. The van der Waals surface area contributed by atoms with Crippen molar-refractivity contribution in [2.24, 2.45) is 0 Å². The molecule has 108 valence electrons. The number of nitrogens with one attached hydrogen (secondary N) is 1. The van der Waals surface area contributed by atoms with Gasteiger partial charge in [-0.25, -0.2) is 0 Å². The van der Waals surface area contributed by atoms with Crippen molar-refractivity contribution in [3.05, 3.63) is 34.9 Å². The highest BCUT2D eigenvalue weighted by atomic mass is 35.5. The summed E-state index contributed by atoms with van der Waals surface area (Å²) in [5.74, 6) is 0. The molecule has 0 aliphatic rings. The molecule has 5 heteroatoms. The lowest BCUT2D eigenvalue weighted by Gasteiger charge is -2.17. The molecule has 0 aliphatic carbocycles. The van der Waals surface area contributed by atoms with Gasteiger partial charge in [-0.3, -0.25) is 0 Å². The number of hydrogen-bond acceptors (Lipinski definition) is 4. The molecule has 2 atom stereocenters. The smallest absolute Gasteiger partial charge is 0.0897 e. The third kappa shape index (κ3) is 6.89. The molecule has 0 saturated carbocycles. The van der Waals surface area contributed by atoms with Gasteiger partial charge in [0, 0.05) is 17.6 Å². The van der Waals surface area contributed by atoms with Crippen molar-refractivity contribution in [1.82, 2.24) is 5.32 Å². The second kappa shape index (κ2) is 9.28. The third-order valence-electron chi connectivity index (χ3n) is 2.85. The van der Waals surface area contributed by atoms with Crippen molar-refractivity contribution in [1.29, 1.82) is 0 Å². The van der Waals surface area contributed by atoms with E-state index >= 15 is 0 Å². The predicted molar refractivity (Wildman–Crippen MR) is 76.3 cm³/mol. The molecule has 0 radical (unpaired) electrons. The van der Waals surface area contributed by atoms with Crippen LogP contribution in [0.1, 0.15) is 18.9 Å². The summed E-state index contributed by atoms with van der Waals surface area (Å²) in [6.45, 7) is 3.19. The molecular weight excluding hydrogens is 266 g/mol. The maximum absolute atomic E-state index is 9.72. The van der Waals surface area contributed by atoms with Gasteiger partial charge < -0.3 is 20.3 Å². The van der Waals surface area contributed by atoms with Gasteiger partial charge in [0.05, 0.1) is 25.9 Å². The Hall–Kier alpha value is -0.650. The van der Waals surface area contributed by atoms with Gasteiger partial charge in [0.1, 0.15) is 0 Å². The van der Waals surface area contributed by atoms with Crippen molar-refractivity contribution < 1.29 is 14.9 Å². The Morgan fingerprint density at radius 1 is 1.32 bits per heavy atom. The number of benzene rings is 1. The molecule has 1 rings (SSSR count). The van der Waals surface area contributed by atoms with E-state index in [-0.39, 0.29) is 19.3 Å². The second-order valence-corrected chi connectivity index (χ2v) is 4.93. The number of ether oxygens (including phenoxy) is 1. The molecule has 1 aromatic carbocycles. The number of aliphatic hydroxyl groups is 2. The Kier molecular flexibility index (Phi) is 8.02. The van der Waals surface area contributed by atoms with Crippen molar-refractivity contribution >= 4 is 11.6 Å². The summed E-state index contributed by atoms with van der Waals surface area (Å²) in [7, 11) is 0. The molecule has 0 spiro atoms.